The second-order valence-corrected chi connectivity index (χ2v) is 3.62. The average Bonchev–Trinajstić information content (AvgIpc) is 2.29. The van der Waals surface area contributed by atoms with Gasteiger partial charge in [0.15, 0.2) is 0 Å². The fraction of sp³-hybridized carbons (Fsp3) is 0.500. The summed E-state index contributed by atoms with van der Waals surface area (Å²) in [7, 11) is 0. The lowest BCUT2D eigenvalue weighted by molar-refractivity contribution is -0.275. The van der Waals surface area contributed by atoms with Crippen LogP contribution in [0.25, 0.3) is 0 Å². The molecular weight excluding hydrogens is 249 g/mol. The van der Waals surface area contributed by atoms with E-state index in [0.717, 1.165) is 0 Å². The molecule has 0 heterocycles. The van der Waals surface area contributed by atoms with Crippen molar-refractivity contribution in [2.45, 2.75) is 25.8 Å². The van der Waals surface area contributed by atoms with Crippen molar-refractivity contribution in [1.29, 1.82) is 0 Å². The Morgan fingerprint density at radius 1 is 1.28 bits per heavy atom. The number of rotatable bonds is 6. The van der Waals surface area contributed by atoms with Crippen LogP contribution >= 0.6 is 0 Å². The maximum atomic E-state index is 12.2. The van der Waals surface area contributed by atoms with Gasteiger partial charge in [0.05, 0.1) is 12.7 Å². The molecule has 0 saturated heterocycles. The monoisotopic (exact) mass is 264 g/mol. The van der Waals surface area contributed by atoms with Crippen LogP contribution in [-0.2, 0) is 11.2 Å². The molecule has 0 aliphatic rings. The molecule has 0 fully saturated rings. The van der Waals surface area contributed by atoms with Gasteiger partial charge >= 0.3 is 6.36 Å². The van der Waals surface area contributed by atoms with Gasteiger partial charge in [-0.2, -0.15) is 0 Å². The molecule has 6 heteroatoms. The van der Waals surface area contributed by atoms with E-state index in [1.165, 1.54) is 18.2 Å². The van der Waals surface area contributed by atoms with Crippen LogP contribution in [0.15, 0.2) is 24.3 Å². The Balaban J connectivity index is 2.81. The highest BCUT2D eigenvalue weighted by Crippen LogP contribution is 2.27. The van der Waals surface area contributed by atoms with Crippen molar-refractivity contribution < 1.29 is 27.8 Å². The molecule has 18 heavy (non-hydrogen) atoms. The molecule has 0 spiro atoms. The Hall–Kier alpha value is -1.27. The zero-order valence-corrected chi connectivity index (χ0v) is 9.91. The van der Waals surface area contributed by atoms with Crippen molar-refractivity contribution in [2.24, 2.45) is 0 Å². The number of hydrogen-bond acceptors (Lipinski definition) is 3. The Morgan fingerprint density at radius 2 is 1.94 bits per heavy atom. The fourth-order valence-corrected chi connectivity index (χ4v) is 1.55. The SMILES string of the molecule is CCOC(CO)Cc1ccccc1OC(F)(F)F. The molecule has 0 aliphatic carbocycles. The van der Waals surface area contributed by atoms with Gasteiger partial charge in [-0.3, -0.25) is 0 Å². The van der Waals surface area contributed by atoms with Gasteiger partial charge in [0.1, 0.15) is 5.75 Å². The summed E-state index contributed by atoms with van der Waals surface area (Å²) in [5, 5.41) is 9.05. The Bertz CT molecular complexity index is 366. The van der Waals surface area contributed by atoms with E-state index >= 15 is 0 Å². The zero-order chi connectivity index (χ0) is 13.6. The minimum atomic E-state index is -4.73. The molecule has 1 aromatic carbocycles. The number of halogens is 3. The second kappa shape index (κ2) is 6.61. The number of alkyl halides is 3. The van der Waals surface area contributed by atoms with Gasteiger partial charge in [0.25, 0.3) is 0 Å². The van der Waals surface area contributed by atoms with Crippen molar-refractivity contribution in [3.63, 3.8) is 0 Å². The summed E-state index contributed by atoms with van der Waals surface area (Å²) >= 11 is 0. The fourth-order valence-electron chi connectivity index (χ4n) is 1.55. The van der Waals surface area contributed by atoms with Crippen LogP contribution in [0.5, 0.6) is 5.75 Å². The highest BCUT2D eigenvalue weighted by Gasteiger charge is 2.32. The second-order valence-electron chi connectivity index (χ2n) is 3.62. The maximum Gasteiger partial charge on any atom is 0.573 e. The minimum Gasteiger partial charge on any atom is -0.406 e. The molecule has 0 saturated carbocycles. The van der Waals surface area contributed by atoms with Crippen molar-refractivity contribution in [3.05, 3.63) is 29.8 Å². The molecule has 1 N–H and O–H groups in total. The summed E-state index contributed by atoms with van der Waals surface area (Å²) in [6, 6.07) is 5.82. The average molecular weight is 264 g/mol. The van der Waals surface area contributed by atoms with Crippen LogP contribution in [0.2, 0.25) is 0 Å². The molecule has 0 amide bonds. The van der Waals surface area contributed by atoms with Crippen LogP contribution in [0.3, 0.4) is 0 Å². The summed E-state index contributed by atoms with van der Waals surface area (Å²) in [6.45, 7) is 1.88. The van der Waals surface area contributed by atoms with E-state index in [9.17, 15) is 13.2 Å². The summed E-state index contributed by atoms with van der Waals surface area (Å²) in [6.07, 6.45) is -5.10. The molecular formula is C12H15F3O3. The number of hydrogen-bond donors (Lipinski definition) is 1. The van der Waals surface area contributed by atoms with Gasteiger partial charge in [0, 0.05) is 13.0 Å². The number of benzene rings is 1. The van der Waals surface area contributed by atoms with Gasteiger partial charge in [-0.1, -0.05) is 18.2 Å². The standard InChI is InChI=1S/C12H15F3O3/c1-2-17-10(8-16)7-9-5-3-4-6-11(9)18-12(13,14)15/h3-6,10,16H,2,7-8H2,1H3. The van der Waals surface area contributed by atoms with Crippen molar-refractivity contribution >= 4 is 0 Å². The van der Waals surface area contributed by atoms with Crippen LogP contribution in [0.4, 0.5) is 13.2 Å². The summed E-state index contributed by atoms with van der Waals surface area (Å²) in [5.41, 5.74) is 0.349. The summed E-state index contributed by atoms with van der Waals surface area (Å²) in [4.78, 5) is 0. The van der Waals surface area contributed by atoms with Crippen LogP contribution in [0, 0.1) is 0 Å². The third kappa shape index (κ3) is 4.93. The normalized spacial score (nSPS) is 13.4. The Labute approximate surface area is 103 Å². The third-order valence-corrected chi connectivity index (χ3v) is 2.25. The molecule has 1 unspecified atom stereocenters. The topological polar surface area (TPSA) is 38.7 Å². The van der Waals surface area contributed by atoms with Gasteiger partial charge in [-0.15, -0.1) is 13.2 Å². The first-order valence-electron chi connectivity index (χ1n) is 5.52. The van der Waals surface area contributed by atoms with E-state index in [4.69, 9.17) is 9.84 Å². The predicted octanol–water partition coefficient (Wildman–Crippen LogP) is 2.53. The molecule has 0 bridgehead atoms. The molecule has 102 valence electrons. The van der Waals surface area contributed by atoms with E-state index in [1.54, 1.807) is 13.0 Å². The third-order valence-electron chi connectivity index (χ3n) is 2.25. The lowest BCUT2D eigenvalue weighted by atomic mass is 10.1. The van der Waals surface area contributed by atoms with E-state index < -0.39 is 12.5 Å². The van der Waals surface area contributed by atoms with E-state index in [1.807, 2.05) is 0 Å². The predicted molar refractivity (Wildman–Crippen MR) is 59.3 cm³/mol. The van der Waals surface area contributed by atoms with Crippen LogP contribution < -0.4 is 4.74 Å². The molecule has 1 atom stereocenters. The number of aliphatic hydroxyl groups is 1. The molecule has 1 rings (SSSR count). The number of para-hydroxylation sites is 1. The largest absolute Gasteiger partial charge is 0.573 e. The van der Waals surface area contributed by atoms with Crippen LogP contribution in [0.1, 0.15) is 12.5 Å². The first kappa shape index (κ1) is 14.8. The number of ether oxygens (including phenoxy) is 2. The van der Waals surface area contributed by atoms with Gasteiger partial charge in [-0.25, -0.2) is 0 Å². The van der Waals surface area contributed by atoms with Crippen LogP contribution in [-0.4, -0.2) is 30.8 Å². The minimum absolute atomic E-state index is 0.163. The first-order chi connectivity index (χ1) is 8.46. The van der Waals surface area contributed by atoms with Crippen molar-refractivity contribution in [2.75, 3.05) is 13.2 Å². The molecule has 3 nitrogen and oxygen atoms in total. The smallest absolute Gasteiger partial charge is 0.406 e. The highest BCUT2D eigenvalue weighted by atomic mass is 19.4. The summed E-state index contributed by atoms with van der Waals surface area (Å²) in [5.74, 6) is -0.261. The van der Waals surface area contributed by atoms with Crippen molar-refractivity contribution in [1.82, 2.24) is 0 Å². The number of aliphatic hydroxyl groups excluding tert-OH is 1. The van der Waals surface area contributed by atoms with Gasteiger partial charge in [0.2, 0.25) is 0 Å². The molecule has 0 aliphatic heterocycles. The maximum absolute atomic E-state index is 12.2. The first-order valence-corrected chi connectivity index (χ1v) is 5.52. The summed E-state index contributed by atoms with van der Waals surface area (Å²) < 4.78 is 45.7. The van der Waals surface area contributed by atoms with E-state index in [-0.39, 0.29) is 18.8 Å². The van der Waals surface area contributed by atoms with Gasteiger partial charge in [-0.05, 0) is 18.6 Å². The Kier molecular flexibility index (Phi) is 5.43. The lowest BCUT2D eigenvalue weighted by Crippen LogP contribution is -2.22. The molecule has 1 aromatic rings. The Morgan fingerprint density at radius 3 is 2.50 bits per heavy atom. The lowest BCUT2D eigenvalue weighted by Gasteiger charge is -2.17. The van der Waals surface area contributed by atoms with E-state index in [0.29, 0.717) is 12.2 Å². The van der Waals surface area contributed by atoms with Crippen molar-refractivity contribution in [3.8, 4) is 5.75 Å². The van der Waals surface area contributed by atoms with Gasteiger partial charge < -0.3 is 14.6 Å². The molecule has 0 radical (unpaired) electrons. The van der Waals surface area contributed by atoms with E-state index in [2.05, 4.69) is 4.74 Å². The zero-order valence-electron chi connectivity index (χ0n) is 9.91. The quantitative estimate of drug-likeness (QED) is 0.858. The molecule has 0 aromatic heterocycles. The highest BCUT2D eigenvalue weighted by molar-refractivity contribution is 5.34.